The number of imide groups is 1. The van der Waals surface area contributed by atoms with Gasteiger partial charge in [-0.05, 0) is 37.6 Å². The summed E-state index contributed by atoms with van der Waals surface area (Å²) in [4.78, 5) is 67.4. The second kappa shape index (κ2) is 13.4. The van der Waals surface area contributed by atoms with Crippen LogP contribution in [-0.2, 0) is 11.3 Å². The monoisotopic (exact) mass is 693 g/mol. The van der Waals surface area contributed by atoms with E-state index < -0.39 is 18.0 Å². The number of β-amino-alcohol motifs (C(OH)–C–C–N with tert-alkyl or cyclic N) is 1. The van der Waals surface area contributed by atoms with Crippen LogP contribution < -0.4 is 25.3 Å². The van der Waals surface area contributed by atoms with Gasteiger partial charge in [0.25, 0.3) is 11.9 Å². The van der Waals surface area contributed by atoms with Gasteiger partial charge >= 0.3 is 6.03 Å². The first-order chi connectivity index (χ1) is 24.8. The highest BCUT2D eigenvalue weighted by atomic mass is 16.4. The van der Waals surface area contributed by atoms with E-state index in [9.17, 15) is 19.5 Å². The number of hydrogen-bond donors (Lipinski definition) is 3. The van der Waals surface area contributed by atoms with E-state index in [-0.39, 0.29) is 18.0 Å². The molecule has 1 atom stereocenters. The molecule has 17 nitrogen and oxygen atoms in total. The first-order valence-electron chi connectivity index (χ1n) is 16.7. The molecule has 51 heavy (non-hydrogen) atoms. The summed E-state index contributed by atoms with van der Waals surface area (Å²) >= 11 is 0. The molecule has 3 aliphatic heterocycles. The fourth-order valence-electron chi connectivity index (χ4n) is 6.43. The van der Waals surface area contributed by atoms with Crippen LogP contribution in [0.4, 0.5) is 28.0 Å². The molecule has 5 aromatic heterocycles. The zero-order valence-electron chi connectivity index (χ0n) is 27.8. The molecule has 0 bridgehead atoms. The Morgan fingerprint density at radius 2 is 1.88 bits per heavy atom. The van der Waals surface area contributed by atoms with Crippen molar-refractivity contribution >= 4 is 52.3 Å². The van der Waals surface area contributed by atoms with Crippen molar-refractivity contribution in [2.45, 2.75) is 32.4 Å². The fraction of sp³-hybridized carbons (Fsp3) is 0.353. The van der Waals surface area contributed by atoms with Crippen LogP contribution in [0, 0.1) is 6.92 Å². The number of carbonyl (C=O) groups excluding carboxylic acids is 3. The van der Waals surface area contributed by atoms with E-state index in [0.717, 1.165) is 24.5 Å². The number of aliphatic hydroxyl groups is 1. The summed E-state index contributed by atoms with van der Waals surface area (Å²) in [5, 5.41) is 15.5. The summed E-state index contributed by atoms with van der Waals surface area (Å²) in [7, 11) is 0. The van der Waals surface area contributed by atoms with Gasteiger partial charge in [0.15, 0.2) is 17.1 Å². The van der Waals surface area contributed by atoms with Gasteiger partial charge < -0.3 is 29.1 Å². The third-order valence-electron chi connectivity index (χ3n) is 9.15. The zero-order valence-corrected chi connectivity index (χ0v) is 27.8. The molecule has 4 amide bonds. The summed E-state index contributed by atoms with van der Waals surface area (Å²) in [5.41, 5.74) is 4.34. The summed E-state index contributed by atoms with van der Waals surface area (Å²) in [6.07, 6.45) is 4.95. The molecule has 0 aliphatic carbocycles. The fourth-order valence-corrected chi connectivity index (χ4v) is 6.43. The Kier molecular flexibility index (Phi) is 8.48. The maximum Gasteiger partial charge on any atom is 0.328 e. The number of aryl methyl sites for hydroxylation is 1. The Labute approximate surface area is 291 Å². The quantitative estimate of drug-likeness (QED) is 0.214. The van der Waals surface area contributed by atoms with Crippen LogP contribution in [-0.4, -0.2) is 105 Å². The predicted molar refractivity (Wildman–Crippen MR) is 184 cm³/mol. The normalized spacial score (nSPS) is 18.5. The number of urea groups is 1. The number of aromatic nitrogens is 5. The van der Waals surface area contributed by atoms with Crippen molar-refractivity contribution in [1.29, 1.82) is 0 Å². The Morgan fingerprint density at radius 1 is 1.02 bits per heavy atom. The third-order valence-corrected chi connectivity index (χ3v) is 9.15. The Balaban J connectivity index is 0.949. The number of aliphatic hydroxyl groups excluding tert-OH is 1. The van der Waals surface area contributed by atoms with Crippen molar-refractivity contribution in [2.24, 2.45) is 0 Å². The van der Waals surface area contributed by atoms with E-state index in [4.69, 9.17) is 18.8 Å². The molecule has 3 saturated heterocycles. The Hall–Kier alpha value is -5.94. The lowest BCUT2D eigenvalue weighted by Crippen LogP contribution is -2.49. The molecular formula is C34H35N11O6. The van der Waals surface area contributed by atoms with E-state index in [2.05, 4.69) is 35.4 Å². The lowest BCUT2D eigenvalue weighted by Gasteiger charge is -2.33. The maximum atomic E-state index is 13.4. The van der Waals surface area contributed by atoms with Crippen molar-refractivity contribution in [3.8, 4) is 11.5 Å². The highest BCUT2D eigenvalue weighted by molar-refractivity contribution is 6.06. The van der Waals surface area contributed by atoms with Crippen molar-refractivity contribution in [3.05, 3.63) is 66.1 Å². The number of hydrogen-bond acceptors (Lipinski definition) is 14. The molecule has 0 radical (unpaired) electrons. The number of pyridine rings is 3. The maximum absolute atomic E-state index is 13.4. The van der Waals surface area contributed by atoms with E-state index in [0.29, 0.717) is 91.6 Å². The number of piperazine rings is 1. The highest BCUT2D eigenvalue weighted by Gasteiger charge is 2.29. The first-order valence-corrected chi connectivity index (χ1v) is 16.7. The zero-order chi connectivity index (χ0) is 35.1. The standard InChI is InChI=1S/C34H35N11O6/c1-20-14-21(4-7-35-20)32-38-26(19-50-32)31(48)37-25-15-27-29(40-30(25)44-8-5-24(46)18-44)41-34(51-27)43-12-10-42(11-13-43)17-22-2-3-23(16-36-22)45-9-6-28(47)39-33(45)49/h2-4,7,14-16,19,24,46H,5-6,8-13,17-18H2,1H3,(H,37,48)(H,39,47,49)/t24-/m1/s1. The van der Waals surface area contributed by atoms with Gasteiger partial charge in [0.1, 0.15) is 6.26 Å². The van der Waals surface area contributed by atoms with E-state index in [1.807, 2.05) is 30.0 Å². The molecule has 0 aromatic carbocycles. The summed E-state index contributed by atoms with van der Waals surface area (Å²) < 4.78 is 11.8. The average Bonchev–Trinajstić information content (AvgIpc) is 3.89. The van der Waals surface area contributed by atoms with Gasteiger partial charge in [-0.3, -0.25) is 34.7 Å². The van der Waals surface area contributed by atoms with Crippen molar-refractivity contribution < 1.29 is 28.3 Å². The number of carbonyl (C=O) groups is 3. The molecule has 5 aromatic rings. The van der Waals surface area contributed by atoms with Crippen LogP contribution in [0.1, 0.15) is 34.7 Å². The number of nitrogens with one attached hydrogen (secondary N) is 2. The molecule has 8 rings (SSSR count). The molecule has 8 heterocycles. The second-order valence-corrected chi connectivity index (χ2v) is 12.8. The number of amides is 4. The van der Waals surface area contributed by atoms with Crippen LogP contribution in [0.2, 0.25) is 0 Å². The largest absolute Gasteiger partial charge is 0.444 e. The van der Waals surface area contributed by atoms with Crippen LogP contribution in [0.3, 0.4) is 0 Å². The van der Waals surface area contributed by atoms with E-state index >= 15 is 0 Å². The molecule has 0 spiro atoms. The highest BCUT2D eigenvalue weighted by Crippen LogP contribution is 2.33. The van der Waals surface area contributed by atoms with Gasteiger partial charge in [-0.15, -0.1) is 0 Å². The van der Waals surface area contributed by atoms with Gasteiger partial charge in [-0.25, -0.2) is 14.8 Å². The van der Waals surface area contributed by atoms with E-state index in [1.54, 1.807) is 24.5 Å². The number of rotatable bonds is 8. The van der Waals surface area contributed by atoms with Crippen molar-refractivity contribution in [1.82, 2.24) is 35.1 Å². The smallest absolute Gasteiger partial charge is 0.328 e. The lowest BCUT2D eigenvalue weighted by molar-refractivity contribution is -0.120. The molecule has 17 heteroatoms. The van der Waals surface area contributed by atoms with Crippen LogP contribution >= 0.6 is 0 Å². The second-order valence-electron chi connectivity index (χ2n) is 12.8. The number of nitrogens with zero attached hydrogens (tertiary/aromatic N) is 9. The van der Waals surface area contributed by atoms with Crippen LogP contribution in [0.15, 0.2) is 57.8 Å². The van der Waals surface area contributed by atoms with Crippen molar-refractivity contribution in [2.75, 3.05) is 65.8 Å². The van der Waals surface area contributed by atoms with Crippen molar-refractivity contribution in [3.63, 3.8) is 0 Å². The minimum Gasteiger partial charge on any atom is -0.444 e. The van der Waals surface area contributed by atoms with Crippen LogP contribution in [0.25, 0.3) is 22.7 Å². The molecule has 262 valence electrons. The Bertz CT molecular complexity index is 2110. The molecule has 0 unspecified atom stereocenters. The summed E-state index contributed by atoms with van der Waals surface area (Å²) in [6, 6.07) is 9.04. The predicted octanol–water partition coefficient (Wildman–Crippen LogP) is 2.57. The average molecular weight is 694 g/mol. The Morgan fingerprint density at radius 3 is 2.63 bits per heavy atom. The molecule has 3 N–H and O–H groups in total. The summed E-state index contributed by atoms with van der Waals surface area (Å²) in [5.74, 6) is 0.0368. The number of anilines is 4. The summed E-state index contributed by atoms with van der Waals surface area (Å²) in [6.45, 7) is 6.56. The van der Waals surface area contributed by atoms with Gasteiger partial charge in [0, 0.05) is 82.3 Å². The van der Waals surface area contributed by atoms with Gasteiger partial charge in [0.05, 0.1) is 29.4 Å². The minimum absolute atomic E-state index is 0.0985. The lowest BCUT2D eigenvalue weighted by atomic mass is 10.2. The van der Waals surface area contributed by atoms with E-state index in [1.165, 1.54) is 11.2 Å². The SMILES string of the molecule is Cc1cc(-c2nc(C(=O)Nc3cc4oc(N5CCN(Cc6ccc(N7CCC(=O)NC7=O)cn6)CC5)nc4nc3N3CC[C@@H](O)C3)co2)ccn1. The van der Waals surface area contributed by atoms with Crippen LogP contribution in [0.5, 0.6) is 0 Å². The van der Waals surface area contributed by atoms with Gasteiger partial charge in [-0.2, -0.15) is 4.98 Å². The van der Waals surface area contributed by atoms with Gasteiger partial charge in [0.2, 0.25) is 17.4 Å². The number of fused-ring (bicyclic) bond motifs is 1. The molecule has 0 saturated carbocycles. The molecule has 3 fully saturated rings. The third kappa shape index (κ3) is 6.80. The number of oxazole rings is 2. The minimum atomic E-state index is -0.506. The van der Waals surface area contributed by atoms with Gasteiger partial charge in [-0.1, -0.05) is 0 Å². The molecular weight excluding hydrogens is 658 g/mol. The topological polar surface area (TPSA) is 199 Å². The molecule has 3 aliphatic rings. The first kappa shape index (κ1) is 32.3.